The van der Waals surface area contributed by atoms with Crippen LogP contribution >= 0.6 is 0 Å². The molecule has 0 radical (unpaired) electrons. The third-order valence-electron chi connectivity index (χ3n) is 6.84. The number of amides is 1. The maximum absolute atomic E-state index is 13.4. The second-order valence-corrected chi connectivity index (χ2v) is 10.5. The van der Waals surface area contributed by atoms with Crippen LogP contribution in [-0.4, -0.2) is 56.5 Å². The van der Waals surface area contributed by atoms with Crippen molar-refractivity contribution in [2.45, 2.75) is 58.7 Å². The van der Waals surface area contributed by atoms with Crippen molar-refractivity contribution in [1.82, 2.24) is 4.90 Å². The van der Waals surface area contributed by atoms with Crippen LogP contribution in [0, 0.1) is 0 Å². The lowest BCUT2D eigenvalue weighted by Crippen LogP contribution is -2.46. The fraction of sp³-hybridized carbons (Fsp3) is 0.419. The predicted octanol–water partition coefficient (Wildman–Crippen LogP) is 6.19. The van der Waals surface area contributed by atoms with Crippen LogP contribution in [-0.2, 0) is 27.2 Å². The van der Waals surface area contributed by atoms with Crippen molar-refractivity contribution in [2.24, 2.45) is 0 Å². The summed E-state index contributed by atoms with van der Waals surface area (Å²) in [7, 11) is 4.88. The second-order valence-electron chi connectivity index (χ2n) is 10.5. The molecule has 8 heteroatoms. The lowest BCUT2D eigenvalue weighted by Gasteiger charge is -2.38. The van der Waals surface area contributed by atoms with Crippen LogP contribution in [0.15, 0.2) is 42.5 Å². The Morgan fingerprint density at radius 1 is 0.923 bits per heavy atom. The maximum Gasteiger partial charge on any atom is 0.410 e. The molecule has 208 valence electrons. The molecule has 8 nitrogen and oxygen atoms in total. The fourth-order valence-corrected chi connectivity index (χ4v) is 5.13. The van der Waals surface area contributed by atoms with Gasteiger partial charge in [0.25, 0.3) is 0 Å². The first kappa shape index (κ1) is 28.1. The van der Waals surface area contributed by atoms with Crippen LogP contribution < -0.4 is 14.2 Å². The molecule has 1 amide bonds. The lowest BCUT2D eigenvalue weighted by atomic mass is 9.84. The van der Waals surface area contributed by atoms with Crippen molar-refractivity contribution in [3.05, 3.63) is 53.6 Å². The third kappa shape index (κ3) is 5.90. The van der Waals surface area contributed by atoms with Crippen LogP contribution in [0.4, 0.5) is 4.79 Å². The summed E-state index contributed by atoms with van der Waals surface area (Å²) in [5, 5.41) is 4.05. The predicted molar refractivity (Wildman–Crippen MR) is 151 cm³/mol. The number of hydrogen-bond donors (Lipinski definition) is 0. The first-order valence-corrected chi connectivity index (χ1v) is 13.1. The molecule has 3 aromatic carbocycles. The van der Waals surface area contributed by atoms with Gasteiger partial charge in [-0.2, -0.15) is 0 Å². The molecule has 3 aromatic rings. The average molecular weight is 536 g/mol. The summed E-state index contributed by atoms with van der Waals surface area (Å²) < 4.78 is 27.7. The van der Waals surface area contributed by atoms with Gasteiger partial charge in [0.15, 0.2) is 11.5 Å². The SMILES string of the molecule is CCOC(=O)C=CC[C@@H]1Cc2c(c3ccc(OC)cc3c3cc(OC)c(OC)cc23)CN1C(=O)OC(C)(C)C. The number of hydrogen-bond acceptors (Lipinski definition) is 7. The molecule has 1 aliphatic rings. The van der Waals surface area contributed by atoms with E-state index < -0.39 is 17.7 Å². The number of methoxy groups -OCH3 is 3. The number of fused-ring (bicyclic) bond motifs is 6. The van der Waals surface area contributed by atoms with Gasteiger partial charge in [0, 0.05) is 12.1 Å². The Morgan fingerprint density at radius 3 is 2.21 bits per heavy atom. The highest BCUT2D eigenvalue weighted by atomic mass is 16.6. The van der Waals surface area contributed by atoms with E-state index in [0.29, 0.717) is 37.5 Å². The Labute approximate surface area is 229 Å². The second kappa shape index (κ2) is 11.4. The Morgan fingerprint density at radius 2 is 1.59 bits per heavy atom. The van der Waals surface area contributed by atoms with Crippen molar-refractivity contribution < 1.29 is 33.3 Å². The number of rotatable bonds is 7. The van der Waals surface area contributed by atoms with Crippen LogP contribution in [0.5, 0.6) is 17.2 Å². The van der Waals surface area contributed by atoms with E-state index in [4.69, 9.17) is 23.7 Å². The molecule has 0 unspecified atom stereocenters. The molecule has 0 saturated heterocycles. The van der Waals surface area contributed by atoms with Crippen molar-refractivity contribution in [1.29, 1.82) is 0 Å². The summed E-state index contributed by atoms with van der Waals surface area (Å²) in [6.45, 7) is 7.99. The highest BCUT2D eigenvalue weighted by molar-refractivity contribution is 6.12. The van der Waals surface area contributed by atoms with Gasteiger partial charge in [-0.25, -0.2) is 9.59 Å². The maximum atomic E-state index is 13.4. The monoisotopic (exact) mass is 535 g/mol. The number of carbonyl (C=O) groups is 2. The quantitative estimate of drug-likeness (QED) is 0.203. The van der Waals surface area contributed by atoms with E-state index in [1.165, 1.54) is 6.08 Å². The standard InChI is InChI=1S/C31H37NO7/c1-8-38-29(33)11-9-10-19-14-22-24-16-27(36-6)28(37-7)17-25(24)23-15-20(35-5)12-13-21(23)26(22)18-32(19)30(34)39-31(2,3)4/h9,11-13,15-17,19H,8,10,14,18H2,1-7H3/t19-/m1/s1. The fourth-order valence-electron chi connectivity index (χ4n) is 5.13. The first-order chi connectivity index (χ1) is 18.6. The van der Waals surface area contributed by atoms with Crippen LogP contribution in [0.3, 0.4) is 0 Å². The molecular formula is C31H37NO7. The minimum absolute atomic E-state index is 0.231. The normalized spacial score (nSPS) is 15.4. The van der Waals surface area contributed by atoms with Crippen molar-refractivity contribution >= 4 is 33.6 Å². The zero-order valence-electron chi connectivity index (χ0n) is 23.8. The summed E-state index contributed by atoms with van der Waals surface area (Å²) in [5.41, 5.74) is 1.52. The van der Waals surface area contributed by atoms with Crippen molar-refractivity contribution in [3.8, 4) is 17.2 Å². The number of benzene rings is 3. The van der Waals surface area contributed by atoms with Crippen molar-refractivity contribution in [3.63, 3.8) is 0 Å². The zero-order valence-corrected chi connectivity index (χ0v) is 23.8. The highest BCUT2D eigenvalue weighted by Crippen LogP contribution is 2.43. The van der Waals surface area contributed by atoms with E-state index in [1.54, 1.807) is 39.2 Å². The Bertz CT molecular complexity index is 1420. The molecule has 0 N–H and O–H groups in total. The van der Waals surface area contributed by atoms with Gasteiger partial charge in [0.05, 0.1) is 34.5 Å². The molecule has 0 fully saturated rings. The van der Waals surface area contributed by atoms with Gasteiger partial charge >= 0.3 is 12.1 Å². The lowest BCUT2D eigenvalue weighted by molar-refractivity contribution is -0.137. The third-order valence-corrected chi connectivity index (χ3v) is 6.84. The summed E-state index contributed by atoms with van der Waals surface area (Å²) in [4.78, 5) is 27.2. The topological polar surface area (TPSA) is 83.5 Å². The van der Waals surface area contributed by atoms with E-state index in [1.807, 2.05) is 51.1 Å². The Balaban J connectivity index is 1.91. The van der Waals surface area contributed by atoms with Crippen LogP contribution in [0.1, 0.15) is 45.2 Å². The number of esters is 1. The largest absolute Gasteiger partial charge is 0.497 e. The Hall–Kier alpha value is -3.94. The van der Waals surface area contributed by atoms with Crippen LogP contribution in [0.2, 0.25) is 0 Å². The zero-order chi connectivity index (χ0) is 28.3. The number of ether oxygens (including phenoxy) is 5. The van der Waals surface area contributed by atoms with E-state index >= 15 is 0 Å². The van der Waals surface area contributed by atoms with Gasteiger partial charge in [-0.3, -0.25) is 0 Å². The van der Waals surface area contributed by atoms with E-state index in [2.05, 4.69) is 0 Å². The molecule has 0 saturated carbocycles. The molecule has 1 heterocycles. The van der Waals surface area contributed by atoms with E-state index in [-0.39, 0.29) is 6.04 Å². The smallest absolute Gasteiger partial charge is 0.410 e. The van der Waals surface area contributed by atoms with E-state index in [0.717, 1.165) is 38.4 Å². The molecule has 0 aromatic heterocycles. The minimum Gasteiger partial charge on any atom is -0.497 e. The summed E-state index contributed by atoms with van der Waals surface area (Å²) in [5.74, 6) is 1.59. The molecule has 1 aliphatic heterocycles. The molecule has 0 aliphatic carbocycles. The van der Waals surface area contributed by atoms with Gasteiger partial charge in [0.1, 0.15) is 11.4 Å². The summed E-state index contributed by atoms with van der Waals surface area (Å²) >= 11 is 0. The molecular weight excluding hydrogens is 498 g/mol. The first-order valence-electron chi connectivity index (χ1n) is 13.1. The Kier molecular flexibility index (Phi) is 8.23. The molecule has 39 heavy (non-hydrogen) atoms. The molecule has 4 rings (SSSR count). The summed E-state index contributed by atoms with van der Waals surface area (Å²) in [6, 6.07) is 9.74. The molecule has 1 atom stereocenters. The molecule has 0 spiro atoms. The molecule has 0 bridgehead atoms. The highest BCUT2D eigenvalue weighted by Gasteiger charge is 2.34. The van der Waals surface area contributed by atoms with Gasteiger partial charge in [-0.05, 0) is 97.5 Å². The van der Waals surface area contributed by atoms with Gasteiger partial charge in [-0.15, -0.1) is 0 Å². The number of nitrogens with zero attached hydrogens (tertiary/aromatic N) is 1. The number of carbonyl (C=O) groups excluding carboxylic acids is 2. The van der Waals surface area contributed by atoms with Crippen molar-refractivity contribution in [2.75, 3.05) is 27.9 Å². The van der Waals surface area contributed by atoms with Gasteiger partial charge in [0.2, 0.25) is 0 Å². The van der Waals surface area contributed by atoms with Gasteiger partial charge in [-0.1, -0.05) is 12.1 Å². The minimum atomic E-state index is -0.647. The van der Waals surface area contributed by atoms with Crippen LogP contribution in [0.25, 0.3) is 21.5 Å². The average Bonchev–Trinajstić information content (AvgIpc) is 2.90. The van der Waals surface area contributed by atoms with E-state index in [9.17, 15) is 9.59 Å². The van der Waals surface area contributed by atoms with Gasteiger partial charge < -0.3 is 28.6 Å². The summed E-state index contributed by atoms with van der Waals surface area (Å²) in [6.07, 6.45) is 3.83.